The molecule has 0 saturated carbocycles. The average molecular weight is 234 g/mol. The number of nitrogens with zero attached hydrogens (tertiary/aromatic N) is 2. The zero-order valence-electron chi connectivity index (χ0n) is 9.26. The van der Waals surface area contributed by atoms with E-state index in [-0.39, 0.29) is 12.2 Å². The minimum absolute atomic E-state index is 0.239. The summed E-state index contributed by atoms with van der Waals surface area (Å²) in [6, 6.07) is 5.68. The molecule has 0 aliphatic heterocycles. The van der Waals surface area contributed by atoms with Gasteiger partial charge in [-0.25, -0.2) is 4.39 Å². The van der Waals surface area contributed by atoms with Crippen molar-refractivity contribution < 1.29 is 13.9 Å². The van der Waals surface area contributed by atoms with Crippen molar-refractivity contribution in [2.24, 2.45) is 7.05 Å². The Balaban J connectivity index is 2.08. The number of rotatable bonds is 4. The van der Waals surface area contributed by atoms with Crippen LogP contribution in [0.1, 0.15) is 16.1 Å². The maximum absolute atomic E-state index is 13.1. The third-order valence-corrected chi connectivity index (χ3v) is 2.19. The maximum Gasteiger partial charge on any atom is 0.150 e. The molecule has 0 spiro atoms. The maximum atomic E-state index is 13.1. The number of hydrogen-bond donors (Lipinski definition) is 0. The number of aromatic nitrogens is 2. The zero-order chi connectivity index (χ0) is 12.3. The number of ether oxygens (including phenoxy) is 1. The van der Waals surface area contributed by atoms with Crippen LogP contribution >= 0.6 is 0 Å². The highest BCUT2D eigenvalue weighted by molar-refractivity contribution is 5.75. The number of carbonyl (C=O) groups is 1. The lowest BCUT2D eigenvalue weighted by atomic mass is 10.2. The number of aldehydes is 1. The molecule has 17 heavy (non-hydrogen) atoms. The molecule has 0 atom stereocenters. The summed E-state index contributed by atoms with van der Waals surface area (Å²) in [4.78, 5) is 10.6. The normalized spacial score (nSPS) is 10.2. The van der Waals surface area contributed by atoms with Crippen LogP contribution in [0.4, 0.5) is 4.39 Å². The number of hydrogen-bond acceptors (Lipinski definition) is 3. The van der Waals surface area contributed by atoms with Gasteiger partial charge in [0.2, 0.25) is 0 Å². The molecule has 1 heterocycles. The molecular formula is C12H11FN2O2. The van der Waals surface area contributed by atoms with Gasteiger partial charge in [-0.2, -0.15) is 5.10 Å². The molecule has 0 unspecified atom stereocenters. The Bertz CT molecular complexity index is 537. The molecule has 0 fully saturated rings. The van der Waals surface area contributed by atoms with Crippen LogP contribution < -0.4 is 4.74 Å². The number of aryl methyl sites for hydroxylation is 1. The fourth-order valence-electron chi connectivity index (χ4n) is 1.43. The van der Waals surface area contributed by atoms with E-state index >= 15 is 0 Å². The van der Waals surface area contributed by atoms with Crippen molar-refractivity contribution >= 4 is 6.29 Å². The Kier molecular flexibility index (Phi) is 3.18. The summed E-state index contributed by atoms with van der Waals surface area (Å²) in [7, 11) is 1.80. The minimum Gasteiger partial charge on any atom is -0.487 e. The van der Waals surface area contributed by atoms with Gasteiger partial charge in [0.1, 0.15) is 24.5 Å². The van der Waals surface area contributed by atoms with Crippen LogP contribution in [-0.2, 0) is 13.7 Å². The van der Waals surface area contributed by atoms with Crippen LogP contribution in [0.2, 0.25) is 0 Å². The molecule has 5 heteroatoms. The van der Waals surface area contributed by atoms with Crippen molar-refractivity contribution in [3.63, 3.8) is 0 Å². The first-order valence-corrected chi connectivity index (χ1v) is 5.04. The Morgan fingerprint density at radius 3 is 2.94 bits per heavy atom. The second-order valence-corrected chi connectivity index (χ2v) is 3.61. The highest BCUT2D eigenvalue weighted by Crippen LogP contribution is 2.16. The van der Waals surface area contributed by atoms with E-state index in [0.717, 1.165) is 11.8 Å². The summed E-state index contributed by atoms with van der Waals surface area (Å²) in [6.07, 6.45) is 2.37. The van der Waals surface area contributed by atoms with E-state index in [1.807, 2.05) is 0 Å². The number of carbonyl (C=O) groups excluding carboxylic acids is 1. The number of benzene rings is 1. The minimum atomic E-state index is -0.495. The van der Waals surface area contributed by atoms with Gasteiger partial charge in [-0.1, -0.05) is 0 Å². The second kappa shape index (κ2) is 4.78. The lowest BCUT2D eigenvalue weighted by molar-refractivity contribution is 0.112. The predicted molar refractivity (Wildman–Crippen MR) is 59.3 cm³/mol. The highest BCUT2D eigenvalue weighted by atomic mass is 19.1. The summed E-state index contributed by atoms with van der Waals surface area (Å²) in [6.45, 7) is 0.239. The van der Waals surface area contributed by atoms with Gasteiger partial charge in [-0.3, -0.25) is 9.48 Å². The molecule has 1 aromatic heterocycles. The molecule has 0 amide bonds. The van der Waals surface area contributed by atoms with Gasteiger partial charge in [0.15, 0.2) is 0 Å². The SMILES string of the molecule is Cn1ccc(COc2cc(F)cc(C=O)c2)n1. The Morgan fingerprint density at radius 1 is 1.47 bits per heavy atom. The largest absolute Gasteiger partial charge is 0.487 e. The fraction of sp³-hybridized carbons (Fsp3) is 0.167. The van der Waals surface area contributed by atoms with Gasteiger partial charge in [-0.15, -0.1) is 0 Å². The van der Waals surface area contributed by atoms with Gasteiger partial charge in [-0.05, 0) is 18.2 Å². The molecule has 0 aliphatic rings. The molecule has 2 aromatic rings. The van der Waals surface area contributed by atoms with Crippen LogP contribution in [0.5, 0.6) is 5.75 Å². The van der Waals surface area contributed by atoms with E-state index in [1.165, 1.54) is 12.1 Å². The summed E-state index contributed by atoms with van der Waals surface area (Å²) in [5.41, 5.74) is 0.991. The lowest BCUT2D eigenvalue weighted by Gasteiger charge is -2.04. The van der Waals surface area contributed by atoms with Crippen molar-refractivity contribution in [2.45, 2.75) is 6.61 Å². The first-order valence-electron chi connectivity index (χ1n) is 5.04. The molecule has 2 rings (SSSR count). The van der Waals surface area contributed by atoms with E-state index in [4.69, 9.17) is 4.74 Å². The molecule has 1 aromatic carbocycles. The number of halogens is 1. The van der Waals surface area contributed by atoms with Crippen molar-refractivity contribution in [3.8, 4) is 5.75 Å². The van der Waals surface area contributed by atoms with Crippen LogP contribution in [0.15, 0.2) is 30.5 Å². The quantitative estimate of drug-likeness (QED) is 0.759. The molecule has 0 bridgehead atoms. The van der Waals surface area contributed by atoms with Crippen molar-refractivity contribution in [1.82, 2.24) is 9.78 Å². The highest BCUT2D eigenvalue weighted by Gasteiger charge is 2.03. The molecule has 0 saturated heterocycles. The molecule has 0 N–H and O–H groups in total. The topological polar surface area (TPSA) is 44.1 Å². The first kappa shape index (κ1) is 11.3. The predicted octanol–water partition coefficient (Wildman–Crippen LogP) is 1.95. The van der Waals surface area contributed by atoms with Gasteiger partial charge in [0.05, 0.1) is 5.69 Å². The Morgan fingerprint density at radius 2 is 2.29 bits per heavy atom. The summed E-state index contributed by atoms with van der Waals surface area (Å²) in [5, 5.41) is 4.12. The van der Waals surface area contributed by atoms with E-state index in [0.29, 0.717) is 12.0 Å². The van der Waals surface area contributed by atoms with Crippen LogP contribution in [0.25, 0.3) is 0 Å². The van der Waals surface area contributed by atoms with Crippen LogP contribution in [0, 0.1) is 5.82 Å². The van der Waals surface area contributed by atoms with Gasteiger partial charge in [0, 0.05) is 24.9 Å². The van der Waals surface area contributed by atoms with Crippen LogP contribution in [0.3, 0.4) is 0 Å². The lowest BCUT2D eigenvalue weighted by Crippen LogP contribution is -1.99. The molecule has 88 valence electrons. The van der Waals surface area contributed by atoms with Gasteiger partial charge >= 0.3 is 0 Å². The Hall–Kier alpha value is -2.17. The van der Waals surface area contributed by atoms with E-state index in [1.54, 1.807) is 24.0 Å². The molecule has 4 nitrogen and oxygen atoms in total. The standard InChI is InChI=1S/C12H11FN2O2/c1-15-3-2-11(14-15)8-17-12-5-9(7-16)4-10(13)6-12/h2-7H,8H2,1H3. The fourth-order valence-corrected chi connectivity index (χ4v) is 1.43. The second-order valence-electron chi connectivity index (χ2n) is 3.61. The van der Waals surface area contributed by atoms with E-state index in [9.17, 15) is 9.18 Å². The summed E-state index contributed by atoms with van der Waals surface area (Å²) in [5.74, 6) is -0.177. The molecule has 0 radical (unpaired) electrons. The summed E-state index contributed by atoms with van der Waals surface area (Å²) < 4.78 is 20.1. The monoisotopic (exact) mass is 234 g/mol. The van der Waals surface area contributed by atoms with E-state index in [2.05, 4.69) is 5.10 Å². The first-order chi connectivity index (χ1) is 8.17. The molecular weight excluding hydrogens is 223 g/mol. The van der Waals surface area contributed by atoms with Gasteiger partial charge in [0.25, 0.3) is 0 Å². The van der Waals surface area contributed by atoms with Gasteiger partial charge < -0.3 is 4.74 Å². The van der Waals surface area contributed by atoms with Crippen molar-refractivity contribution in [1.29, 1.82) is 0 Å². The van der Waals surface area contributed by atoms with E-state index < -0.39 is 5.82 Å². The third kappa shape index (κ3) is 2.90. The smallest absolute Gasteiger partial charge is 0.150 e. The summed E-state index contributed by atoms with van der Waals surface area (Å²) >= 11 is 0. The van der Waals surface area contributed by atoms with Crippen LogP contribution in [-0.4, -0.2) is 16.1 Å². The zero-order valence-corrected chi connectivity index (χ0v) is 9.26. The molecule has 0 aliphatic carbocycles. The third-order valence-electron chi connectivity index (χ3n) is 2.19. The average Bonchev–Trinajstić information content (AvgIpc) is 2.72. The Labute approximate surface area is 97.6 Å². The van der Waals surface area contributed by atoms with Crippen molar-refractivity contribution in [2.75, 3.05) is 0 Å². The van der Waals surface area contributed by atoms with Crippen molar-refractivity contribution in [3.05, 3.63) is 47.5 Å².